The predicted octanol–water partition coefficient (Wildman–Crippen LogP) is 1.26. The maximum Gasteiger partial charge on any atom is 0.00967 e. The number of hydrogen-bond acceptors (Lipinski definition) is 2. The van der Waals surface area contributed by atoms with E-state index in [0.29, 0.717) is 6.04 Å². The van der Waals surface area contributed by atoms with Gasteiger partial charge in [0, 0.05) is 18.6 Å². The van der Waals surface area contributed by atoms with Crippen molar-refractivity contribution in [3.63, 3.8) is 0 Å². The summed E-state index contributed by atoms with van der Waals surface area (Å²) < 4.78 is 0. The molecule has 3 saturated carbocycles. The first-order valence-electron chi connectivity index (χ1n) is 5.77. The van der Waals surface area contributed by atoms with Gasteiger partial charge in [0.25, 0.3) is 0 Å². The molecule has 2 nitrogen and oxygen atoms in total. The third-order valence-electron chi connectivity index (χ3n) is 4.25. The molecule has 13 heavy (non-hydrogen) atoms. The molecule has 0 heterocycles. The Kier molecular flexibility index (Phi) is 1.72. The number of rotatable bonds is 4. The molecule has 0 unspecified atom stereocenters. The average molecular weight is 180 g/mol. The van der Waals surface area contributed by atoms with Crippen molar-refractivity contribution >= 4 is 0 Å². The van der Waals surface area contributed by atoms with E-state index < -0.39 is 0 Å². The first kappa shape index (κ1) is 8.25. The molecule has 2 heteroatoms. The van der Waals surface area contributed by atoms with Gasteiger partial charge in [-0.25, -0.2) is 0 Å². The largest absolute Gasteiger partial charge is 0.328 e. The van der Waals surface area contributed by atoms with Gasteiger partial charge in [0.15, 0.2) is 0 Å². The quantitative estimate of drug-likeness (QED) is 0.683. The highest BCUT2D eigenvalue weighted by atomic mass is 15.0. The molecule has 0 amide bonds. The van der Waals surface area contributed by atoms with Crippen LogP contribution in [0.25, 0.3) is 0 Å². The number of nitrogens with one attached hydrogen (secondary N) is 1. The Hall–Kier alpha value is -0.0800. The zero-order chi connectivity index (χ0) is 8.89. The smallest absolute Gasteiger partial charge is 0.00967 e. The van der Waals surface area contributed by atoms with Crippen LogP contribution in [-0.4, -0.2) is 18.6 Å². The van der Waals surface area contributed by atoms with Gasteiger partial charge in [-0.2, -0.15) is 0 Å². The van der Waals surface area contributed by atoms with Gasteiger partial charge in [0.1, 0.15) is 0 Å². The lowest BCUT2D eigenvalue weighted by Gasteiger charge is -2.34. The summed E-state index contributed by atoms with van der Waals surface area (Å²) in [5, 5.41) is 3.69. The summed E-state index contributed by atoms with van der Waals surface area (Å²) in [7, 11) is 0. The standard InChI is InChI=1S/C11H20N2/c12-9-5-10(6-9)13-7-11(3-4-11)8-1-2-8/h8-10,13H,1-7,12H2. The van der Waals surface area contributed by atoms with E-state index >= 15 is 0 Å². The summed E-state index contributed by atoms with van der Waals surface area (Å²) in [5.41, 5.74) is 6.52. The highest BCUT2D eigenvalue weighted by Gasteiger charge is 2.53. The Morgan fingerprint density at radius 3 is 2.38 bits per heavy atom. The van der Waals surface area contributed by atoms with Gasteiger partial charge in [0.05, 0.1) is 0 Å². The highest BCUT2D eigenvalue weighted by molar-refractivity contribution is 5.06. The minimum atomic E-state index is 0.494. The summed E-state index contributed by atoms with van der Waals surface area (Å²) in [4.78, 5) is 0. The molecular formula is C11H20N2. The fraction of sp³-hybridized carbons (Fsp3) is 1.00. The summed E-state index contributed by atoms with van der Waals surface area (Å²) >= 11 is 0. The van der Waals surface area contributed by atoms with E-state index in [1.165, 1.54) is 45.1 Å². The molecule has 0 spiro atoms. The van der Waals surface area contributed by atoms with Crippen LogP contribution in [0.15, 0.2) is 0 Å². The van der Waals surface area contributed by atoms with Crippen LogP contribution in [0.5, 0.6) is 0 Å². The third-order valence-corrected chi connectivity index (χ3v) is 4.25. The van der Waals surface area contributed by atoms with Crippen LogP contribution in [0.2, 0.25) is 0 Å². The lowest BCUT2D eigenvalue weighted by molar-refractivity contribution is 0.263. The Balaban J connectivity index is 1.43. The van der Waals surface area contributed by atoms with Crippen LogP contribution in [0.1, 0.15) is 38.5 Å². The van der Waals surface area contributed by atoms with Crippen molar-refractivity contribution in [1.82, 2.24) is 5.32 Å². The van der Waals surface area contributed by atoms with Gasteiger partial charge in [0.2, 0.25) is 0 Å². The minimum absolute atomic E-state index is 0.494. The fourth-order valence-electron chi connectivity index (χ4n) is 2.76. The predicted molar refractivity (Wildman–Crippen MR) is 53.4 cm³/mol. The summed E-state index contributed by atoms with van der Waals surface area (Å²) in [6.45, 7) is 1.29. The zero-order valence-corrected chi connectivity index (χ0v) is 8.26. The van der Waals surface area contributed by atoms with Gasteiger partial charge < -0.3 is 11.1 Å². The van der Waals surface area contributed by atoms with Gasteiger partial charge in [-0.3, -0.25) is 0 Å². The van der Waals surface area contributed by atoms with E-state index in [1.54, 1.807) is 0 Å². The van der Waals surface area contributed by atoms with Crippen LogP contribution in [0.4, 0.5) is 0 Å². The average Bonchev–Trinajstić information content (AvgIpc) is 2.84. The van der Waals surface area contributed by atoms with Crippen LogP contribution in [0, 0.1) is 11.3 Å². The van der Waals surface area contributed by atoms with E-state index in [9.17, 15) is 0 Å². The van der Waals surface area contributed by atoms with Gasteiger partial charge in [-0.15, -0.1) is 0 Å². The molecule has 0 saturated heterocycles. The van der Waals surface area contributed by atoms with Crippen LogP contribution >= 0.6 is 0 Å². The molecule has 0 aromatic carbocycles. The third kappa shape index (κ3) is 1.50. The second-order valence-corrected chi connectivity index (χ2v) is 5.45. The Morgan fingerprint density at radius 1 is 1.23 bits per heavy atom. The topological polar surface area (TPSA) is 38.0 Å². The maximum absolute atomic E-state index is 5.76. The van der Waals surface area contributed by atoms with Crippen LogP contribution < -0.4 is 11.1 Å². The minimum Gasteiger partial charge on any atom is -0.328 e. The normalized spacial score (nSPS) is 41.3. The van der Waals surface area contributed by atoms with Crippen LogP contribution in [0.3, 0.4) is 0 Å². The summed E-state index contributed by atoms with van der Waals surface area (Å²) in [5.74, 6) is 1.09. The van der Waals surface area contributed by atoms with E-state index in [4.69, 9.17) is 5.73 Å². The first-order chi connectivity index (χ1) is 6.28. The van der Waals surface area contributed by atoms with Crippen molar-refractivity contribution in [1.29, 1.82) is 0 Å². The zero-order valence-electron chi connectivity index (χ0n) is 8.26. The lowest BCUT2D eigenvalue weighted by atomic mass is 9.87. The molecule has 3 N–H and O–H groups in total. The monoisotopic (exact) mass is 180 g/mol. The van der Waals surface area contributed by atoms with Crippen molar-refractivity contribution in [2.45, 2.75) is 50.6 Å². The molecule has 3 aliphatic rings. The molecule has 74 valence electrons. The number of hydrogen-bond donors (Lipinski definition) is 2. The van der Waals surface area contributed by atoms with Crippen molar-refractivity contribution in [3.05, 3.63) is 0 Å². The van der Waals surface area contributed by atoms with Gasteiger partial charge in [-0.05, 0) is 49.9 Å². The van der Waals surface area contributed by atoms with Crippen LogP contribution in [-0.2, 0) is 0 Å². The summed E-state index contributed by atoms with van der Waals surface area (Å²) in [6, 6.07) is 1.25. The van der Waals surface area contributed by atoms with Gasteiger partial charge in [-0.1, -0.05) is 0 Å². The van der Waals surface area contributed by atoms with Crippen molar-refractivity contribution in [2.24, 2.45) is 17.1 Å². The molecule has 0 bridgehead atoms. The molecule has 3 rings (SSSR count). The Morgan fingerprint density at radius 2 is 1.92 bits per heavy atom. The summed E-state index contributed by atoms with van der Waals surface area (Å²) in [6.07, 6.45) is 8.41. The van der Waals surface area contributed by atoms with Gasteiger partial charge >= 0.3 is 0 Å². The molecule has 3 aliphatic carbocycles. The van der Waals surface area contributed by atoms with E-state index in [-0.39, 0.29) is 0 Å². The second kappa shape index (κ2) is 2.71. The fourth-order valence-corrected chi connectivity index (χ4v) is 2.76. The highest BCUT2D eigenvalue weighted by Crippen LogP contribution is 2.60. The molecule has 0 aromatic rings. The van der Waals surface area contributed by atoms with E-state index in [2.05, 4.69) is 5.32 Å². The Labute approximate surface area is 80.3 Å². The first-order valence-corrected chi connectivity index (χ1v) is 5.77. The van der Waals surface area contributed by atoms with E-state index in [1.807, 2.05) is 0 Å². The van der Waals surface area contributed by atoms with Crippen molar-refractivity contribution in [3.8, 4) is 0 Å². The molecular weight excluding hydrogens is 160 g/mol. The number of nitrogens with two attached hydrogens (primary N) is 1. The molecule has 0 aliphatic heterocycles. The second-order valence-electron chi connectivity index (χ2n) is 5.45. The molecule has 3 fully saturated rings. The lowest BCUT2D eigenvalue weighted by Crippen LogP contribution is -2.49. The maximum atomic E-state index is 5.76. The van der Waals surface area contributed by atoms with Crippen molar-refractivity contribution < 1.29 is 0 Å². The van der Waals surface area contributed by atoms with Crippen molar-refractivity contribution in [2.75, 3.05) is 6.54 Å². The van der Waals surface area contributed by atoms with E-state index in [0.717, 1.165) is 17.4 Å². The Bertz CT molecular complexity index is 200. The SMILES string of the molecule is NC1CC(NCC2(C3CC3)CC2)C1. The molecule has 0 atom stereocenters. The molecule has 0 radical (unpaired) electrons. The molecule has 0 aromatic heterocycles.